The van der Waals surface area contributed by atoms with Crippen LogP contribution in [-0.2, 0) is 0 Å². The molecule has 1 heterocycles. The predicted molar refractivity (Wildman–Crippen MR) is 31.1 cm³/mol. The molecule has 0 fully saturated rings. The molecule has 0 spiro atoms. The summed E-state index contributed by atoms with van der Waals surface area (Å²) in [5, 5.41) is 7.32. The van der Waals surface area contributed by atoms with E-state index in [9.17, 15) is 0 Å². The summed E-state index contributed by atoms with van der Waals surface area (Å²) < 4.78 is 0. The van der Waals surface area contributed by atoms with E-state index in [0.29, 0.717) is 0 Å². The summed E-state index contributed by atoms with van der Waals surface area (Å²) in [6.07, 6.45) is 4.31. The molecule has 9 heavy (non-hydrogen) atoms. The standard InChI is InChI=1S/C3H3N3.C2H3N/c1-4-2-6-3-5-1;1-2-3/h1-3H;1H3. The van der Waals surface area contributed by atoms with E-state index < -0.39 is 0 Å². The first-order chi connectivity index (χ1) is 4.41. The molecular formula is C5H6N4. The average Bonchev–Trinajstić information content (AvgIpc) is 1.93. The molecule has 0 unspecified atom stereocenters. The van der Waals surface area contributed by atoms with Crippen LogP contribution >= 0.6 is 0 Å². The smallest absolute Gasteiger partial charge is 0.119 e. The lowest BCUT2D eigenvalue weighted by molar-refractivity contribution is 1.05. The van der Waals surface area contributed by atoms with Crippen molar-refractivity contribution in [3.63, 3.8) is 0 Å². The minimum atomic E-state index is 1.43. The van der Waals surface area contributed by atoms with Crippen molar-refractivity contribution in [2.75, 3.05) is 0 Å². The van der Waals surface area contributed by atoms with Gasteiger partial charge in [0.25, 0.3) is 0 Å². The van der Waals surface area contributed by atoms with E-state index in [4.69, 9.17) is 5.26 Å². The van der Waals surface area contributed by atoms with Gasteiger partial charge in [0.1, 0.15) is 19.0 Å². The van der Waals surface area contributed by atoms with E-state index in [-0.39, 0.29) is 0 Å². The van der Waals surface area contributed by atoms with Crippen molar-refractivity contribution < 1.29 is 0 Å². The quantitative estimate of drug-likeness (QED) is 0.499. The summed E-state index contributed by atoms with van der Waals surface area (Å²) in [5.41, 5.74) is 0. The maximum atomic E-state index is 7.32. The fourth-order valence-electron chi connectivity index (χ4n) is 0.205. The zero-order chi connectivity index (χ0) is 6.95. The van der Waals surface area contributed by atoms with Crippen molar-refractivity contribution in [2.24, 2.45) is 0 Å². The average molecular weight is 122 g/mol. The van der Waals surface area contributed by atoms with Gasteiger partial charge in [-0.3, -0.25) is 0 Å². The summed E-state index contributed by atoms with van der Waals surface area (Å²) in [7, 11) is 0. The molecule has 4 nitrogen and oxygen atoms in total. The Kier molecular flexibility index (Phi) is 5.42. The Morgan fingerprint density at radius 2 is 1.33 bits per heavy atom. The second-order valence-electron chi connectivity index (χ2n) is 1.02. The van der Waals surface area contributed by atoms with Gasteiger partial charge in [-0.2, -0.15) is 5.26 Å². The SMILES string of the molecule is CC#N.c1ncncn1. The lowest BCUT2D eigenvalue weighted by atomic mass is 11.0. The van der Waals surface area contributed by atoms with Crippen molar-refractivity contribution in [3.8, 4) is 6.07 Å². The van der Waals surface area contributed by atoms with E-state index >= 15 is 0 Å². The van der Waals surface area contributed by atoms with E-state index in [1.54, 1.807) is 6.07 Å². The van der Waals surface area contributed by atoms with Crippen LogP contribution in [0, 0.1) is 11.3 Å². The van der Waals surface area contributed by atoms with Crippen LogP contribution in [0.25, 0.3) is 0 Å². The van der Waals surface area contributed by atoms with Gasteiger partial charge in [-0.1, -0.05) is 0 Å². The summed E-state index contributed by atoms with van der Waals surface area (Å²) in [6, 6.07) is 1.75. The second kappa shape index (κ2) is 6.50. The van der Waals surface area contributed by atoms with Crippen LogP contribution in [0.2, 0.25) is 0 Å². The van der Waals surface area contributed by atoms with Gasteiger partial charge in [0.15, 0.2) is 0 Å². The highest BCUT2D eigenvalue weighted by Gasteiger charge is 1.59. The number of aromatic nitrogens is 3. The van der Waals surface area contributed by atoms with Crippen molar-refractivity contribution >= 4 is 0 Å². The van der Waals surface area contributed by atoms with Crippen LogP contribution in [0.4, 0.5) is 0 Å². The predicted octanol–water partition coefficient (Wildman–Crippen LogP) is 0.401. The first kappa shape index (κ1) is 7.50. The lowest BCUT2D eigenvalue weighted by Crippen LogP contribution is -1.73. The molecule has 1 aromatic rings. The molecule has 0 saturated heterocycles. The largest absolute Gasteiger partial charge is 0.225 e. The fraction of sp³-hybridized carbons (Fsp3) is 0.200. The zero-order valence-corrected chi connectivity index (χ0v) is 5.02. The molecule has 0 atom stereocenters. The Bertz CT molecular complexity index is 139. The molecule has 1 rings (SSSR count). The van der Waals surface area contributed by atoms with Gasteiger partial charge in [-0.15, -0.1) is 0 Å². The van der Waals surface area contributed by atoms with Gasteiger partial charge in [0, 0.05) is 6.92 Å². The molecule has 0 N–H and O–H groups in total. The van der Waals surface area contributed by atoms with Gasteiger partial charge < -0.3 is 0 Å². The molecule has 0 bridgehead atoms. The molecule has 0 aromatic carbocycles. The Balaban J connectivity index is 0.000000187. The summed E-state index contributed by atoms with van der Waals surface area (Å²) in [6.45, 7) is 1.43. The summed E-state index contributed by atoms with van der Waals surface area (Å²) in [5.74, 6) is 0. The number of hydrogen-bond donors (Lipinski definition) is 0. The Labute approximate surface area is 53.2 Å². The van der Waals surface area contributed by atoms with Gasteiger partial charge in [-0.05, 0) is 0 Å². The van der Waals surface area contributed by atoms with Crippen LogP contribution in [0.1, 0.15) is 6.92 Å². The van der Waals surface area contributed by atoms with Crippen molar-refractivity contribution in [2.45, 2.75) is 6.92 Å². The monoisotopic (exact) mass is 122 g/mol. The van der Waals surface area contributed by atoms with Crippen LogP contribution in [0.15, 0.2) is 19.0 Å². The van der Waals surface area contributed by atoms with Gasteiger partial charge in [-0.25, -0.2) is 15.0 Å². The van der Waals surface area contributed by atoms with E-state index in [1.807, 2.05) is 0 Å². The molecule has 0 aliphatic heterocycles. The molecule has 0 saturated carbocycles. The topological polar surface area (TPSA) is 62.5 Å². The van der Waals surface area contributed by atoms with Crippen LogP contribution in [0.5, 0.6) is 0 Å². The van der Waals surface area contributed by atoms with E-state index in [2.05, 4.69) is 15.0 Å². The normalized spacial score (nSPS) is 6.22. The molecule has 4 heteroatoms. The molecule has 46 valence electrons. The molecule has 1 aromatic heterocycles. The molecule has 0 aliphatic carbocycles. The van der Waals surface area contributed by atoms with Gasteiger partial charge in [0.05, 0.1) is 6.07 Å². The van der Waals surface area contributed by atoms with Crippen LogP contribution < -0.4 is 0 Å². The van der Waals surface area contributed by atoms with Crippen molar-refractivity contribution in [1.29, 1.82) is 5.26 Å². The van der Waals surface area contributed by atoms with E-state index in [0.717, 1.165) is 0 Å². The van der Waals surface area contributed by atoms with Gasteiger partial charge in [0.2, 0.25) is 0 Å². The molecule has 0 radical (unpaired) electrons. The molecular weight excluding hydrogens is 116 g/mol. The Morgan fingerprint density at radius 3 is 1.44 bits per heavy atom. The number of rotatable bonds is 0. The lowest BCUT2D eigenvalue weighted by Gasteiger charge is -1.69. The van der Waals surface area contributed by atoms with E-state index in [1.165, 1.54) is 25.9 Å². The van der Waals surface area contributed by atoms with Crippen molar-refractivity contribution in [1.82, 2.24) is 15.0 Å². The van der Waals surface area contributed by atoms with Crippen LogP contribution in [-0.4, -0.2) is 15.0 Å². The first-order valence-corrected chi connectivity index (χ1v) is 2.27. The first-order valence-electron chi connectivity index (χ1n) is 2.27. The highest BCUT2D eigenvalue weighted by Crippen LogP contribution is 1.57. The summed E-state index contributed by atoms with van der Waals surface area (Å²) in [4.78, 5) is 10.7. The third-order valence-electron chi connectivity index (χ3n) is 0.400. The fourth-order valence-corrected chi connectivity index (χ4v) is 0.205. The molecule has 0 amide bonds. The second-order valence-corrected chi connectivity index (χ2v) is 1.02. The zero-order valence-electron chi connectivity index (χ0n) is 5.02. The maximum absolute atomic E-state index is 7.32. The number of nitrogens with zero attached hydrogens (tertiary/aromatic N) is 4. The highest BCUT2D eigenvalue weighted by molar-refractivity contribution is 4.51. The minimum Gasteiger partial charge on any atom is -0.225 e. The Hall–Kier alpha value is -1.50. The third-order valence-corrected chi connectivity index (χ3v) is 0.400. The molecule has 0 aliphatic rings. The Morgan fingerprint density at radius 1 is 1.11 bits per heavy atom. The maximum Gasteiger partial charge on any atom is 0.119 e. The number of nitriles is 1. The highest BCUT2D eigenvalue weighted by atomic mass is 14.9. The van der Waals surface area contributed by atoms with Crippen LogP contribution in [0.3, 0.4) is 0 Å². The number of hydrogen-bond acceptors (Lipinski definition) is 4. The third kappa shape index (κ3) is 6.50. The minimum absolute atomic E-state index is 1.43. The van der Waals surface area contributed by atoms with Gasteiger partial charge >= 0.3 is 0 Å². The summed E-state index contributed by atoms with van der Waals surface area (Å²) >= 11 is 0. The van der Waals surface area contributed by atoms with Crippen molar-refractivity contribution in [3.05, 3.63) is 19.0 Å².